The van der Waals surface area contributed by atoms with Crippen LogP contribution in [0.4, 0.5) is 14.6 Å². The molecule has 2 aromatic carbocycles. The Morgan fingerprint density at radius 2 is 1.92 bits per heavy atom. The molecule has 0 saturated heterocycles. The number of phenolic OH excluding ortho intramolecular Hbond substituents is 1. The largest absolute Gasteiger partial charge is 0.508 e. The number of anilines is 1. The van der Waals surface area contributed by atoms with Gasteiger partial charge in [-0.3, -0.25) is 0 Å². The molecule has 0 saturated carbocycles. The Kier molecular flexibility index (Phi) is 5.93. The quantitative estimate of drug-likeness (QED) is 0.317. The first-order valence-electron chi connectivity index (χ1n) is 10.9. The highest BCUT2D eigenvalue weighted by Gasteiger charge is 2.25. The number of aromatic nitrogens is 4. The third kappa shape index (κ3) is 3.98. The van der Waals surface area contributed by atoms with E-state index in [9.17, 15) is 9.50 Å². The van der Waals surface area contributed by atoms with E-state index in [1.165, 1.54) is 38.5 Å². The van der Waals surface area contributed by atoms with E-state index in [1.807, 2.05) is 0 Å². The average molecular weight is 503 g/mol. The molecule has 2 N–H and O–H groups in total. The second-order valence-corrected chi connectivity index (χ2v) is 7.99. The van der Waals surface area contributed by atoms with Crippen LogP contribution in [0.25, 0.3) is 32.9 Å². The van der Waals surface area contributed by atoms with Crippen molar-refractivity contribution in [1.29, 1.82) is 0 Å². The Balaban J connectivity index is 1.80. The SMILES string of the molecule is C#Cc1c(F)ccc2cc(O)cc(-c3nc(OC)c4c(NCc5cnoc5C)nc(OC)nc4c3F)c12. The van der Waals surface area contributed by atoms with Crippen LogP contribution in [0.15, 0.2) is 35.0 Å². The van der Waals surface area contributed by atoms with Gasteiger partial charge in [-0.25, -0.2) is 13.8 Å². The van der Waals surface area contributed by atoms with E-state index in [0.29, 0.717) is 11.1 Å². The summed E-state index contributed by atoms with van der Waals surface area (Å²) in [7, 11) is 2.70. The van der Waals surface area contributed by atoms with Crippen molar-refractivity contribution >= 4 is 27.5 Å². The number of hydrogen-bond donors (Lipinski definition) is 2. The van der Waals surface area contributed by atoms with Gasteiger partial charge in [0.25, 0.3) is 0 Å². The van der Waals surface area contributed by atoms with E-state index in [-0.39, 0.29) is 63.1 Å². The van der Waals surface area contributed by atoms with Gasteiger partial charge >= 0.3 is 6.01 Å². The number of nitrogens with one attached hydrogen (secondary N) is 1. The summed E-state index contributed by atoms with van der Waals surface area (Å²) in [6.45, 7) is 2.00. The zero-order valence-electron chi connectivity index (χ0n) is 19.9. The van der Waals surface area contributed by atoms with Crippen LogP contribution in [0.1, 0.15) is 16.9 Å². The third-order valence-electron chi connectivity index (χ3n) is 5.86. The van der Waals surface area contributed by atoms with Gasteiger partial charge in [-0.05, 0) is 30.5 Å². The summed E-state index contributed by atoms with van der Waals surface area (Å²) in [5.41, 5.74) is 0.291. The molecule has 0 atom stereocenters. The van der Waals surface area contributed by atoms with Crippen LogP contribution in [0.5, 0.6) is 17.6 Å². The van der Waals surface area contributed by atoms with Crippen LogP contribution in [0.2, 0.25) is 0 Å². The molecular formula is C26H19F2N5O4. The van der Waals surface area contributed by atoms with Gasteiger partial charge in [0, 0.05) is 23.1 Å². The molecule has 0 unspecified atom stereocenters. The maximum absolute atomic E-state index is 16.2. The zero-order valence-corrected chi connectivity index (χ0v) is 19.9. The van der Waals surface area contributed by atoms with Crippen molar-refractivity contribution < 1.29 is 27.9 Å². The number of rotatable bonds is 6. The molecule has 3 heterocycles. The van der Waals surface area contributed by atoms with Crippen LogP contribution in [-0.2, 0) is 6.54 Å². The van der Waals surface area contributed by atoms with Crippen LogP contribution < -0.4 is 14.8 Å². The minimum atomic E-state index is -0.875. The summed E-state index contributed by atoms with van der Waals surface area (Å²) < 4.78 is 46.6. The lowest BCUT2D eigenvalue weighted by Crippen LogP contribution is -2.08. The van der Waals surface area contributed by atoms with Crippen LogP contribution in [0.3, 0.4) is 0 Å². The lowest BCUT2D eigenvalue weighted by Gasteiger charge is -2.16. The summed E-state index contributed by atoms with van der Waals surface area (Å²) >= 11 is 0. The smallest absolute Gasteiger partial charge is 0.318 e. The molecule has 5 aromatic rings. The normalized spacial score (nSPS) is 11.0. The number of benzene rings is 2. The fourth-order valence-corrected chi connectivity index (χ4v) is 4.09. The van der Waals surface area contributed by atoms with Crippen molar-refractivity contribution in [2.75, 3.05) is 19.5 Å². The summed E-state index contributed by atoms with van der Waals surface area (Å²) in [4.78, 5) is 12.9. The minimum Gasteiger partial charge on any atom is -0.508 e. The maximum atomic E-state index is 16.2. The molecule has 0 bridgehead atoms. The first-order chi connectivity index (χ1) is 17.9. The predicted molar refractivity (Wildman–Crippen MR) is 131 cm³/mol. The standard InChI is InChI=1S/C26H19F2N5O4/c1-5-16-18(27)7-6-13-8-15(34)9-17(19(13)16)22-21(28)23-20(25(31-22)35-3)24(33-26(32-23)36-4)29-10-14-11-30-37-12(14)2/h1,6-9,11,34H,10H2,2-4H3,(H,29,32,33). The van der Waals surface area contributed by atoms with Gasteiger partial charge in [-0.1, -0.05) is 17.1 Å². The van der Waals surface area contributed by atoms with Crippen LogP contribution in [-0.4, -0.2) is 39.4 Å². The van der Waals surface area contributed by atoms with Gasteiger partial charge in [0.2, 0.25) is 5.88 Å². The molecule has 0 aliphatic heterocycles. The second-order valence-electron chi connectivity index (χ2n) is 7.99. The second kappa shape index (κ2) is 9.23. The summed E-state index contributed by atoms with van der Waals surface area (Å²) in [5.74, 6) is 1.34. The first-order valence-corrected chi connectivity index (χ1v) is 10.9. The Bertz CT molecular complexity index is 1730. The average Bonchev–Trinajstić information content (AvgIpc) is 3.31. The third-order valence-corrected chi connectivity index (χ3v) is 5.86. The summed E-state index contributed by atoms with van der Waals surface area (Å²) in [6, 6.07) is 5.15. The van der Waals surface area contributed by atoms with Crippen molar-refractivity contribution in [3.8, 4) is 41.2 Å². The Morgan fingerprint density at radius 3 is 2.59 bits per heavy atom. The van der Waals surface area contributed by atoms with E-state index in [4.69, 9.17) is 20.4 Å². The Labute approximate surface area is 209 Å². The topological polar surface area (TPSA) is 115 Å². The molecule has 5 rings (SSSR count). The van der Waals surface area contributed by atoms with E-state index in [0.717, 1.165) is 5.56 Å². The number of nitrogens with zero attached hydrogens (tertiary/aromatic N) is 4. The van der Waals surface area contributed by atoms with Gasteiger partial charge in [0.1, 0.15) is 39.7 Å². The lowest BCUT2D eigenvalue weighted by atomic mass is 9.95. The van der Waals surface area contributed by atoms with Crippen molar-refractivity contribution in [3.63, 3.8) is 0 Å². The fraction of sp³-hybridized carbons (Fsp3) is 0.154. The number of aromatic hydroxyl groups is 1. The number of aryl methyl sites for hydroxylation is 1. The number of phenols is 1. The van der Waals surface area contributed by atoms with E-state index < -0.39 is 11.6 Å². The van der Waals surface area contributed by atoms with Crippen LogP contribution in [0, 0.1) is 30.9 Å². The molecule has 37 heavy (non-hydrogen) atoms. The zero-order chi connectivity index (χ0) is 26.3. The molecule has 9 nitrogen and oxygen atoms in total. The molecule has 186 valence electrons. The Hall–Kier alpha value is -4.98. The molecule has 0 fully saturated rings. The highest BCUT2D eigenvalue weighted by molar-refractivity contribution is 6.04. The molecule has 0 radical (unpaired) electrons. The van der Waals surface area contributed by atoms with Gasteiger partial charge in [0.15, 0.2) is 5.82 Å². The minimum absolute atomic E-state index is 0.0197. The molecule has 0 aliphatic rings. The number of fused-ring (bicyclic) bond motifs is 2. The van der Waals surface area contributed by atoms with Crippen molar-refractivity contribution in [2.45, 2.75) is 13.5 Å². The molecule has 3 aromatic heterocycles. The van der Waals surface area contributed by atoms with Crippen molar-refractivity contribution in [1.82, 2.24) is 20.1 Å². The summed E-state index contributed by atoms with van der Waals surface area (Å²) in [6.07, 6.45) is 7.13. The number of ether oxygens (including phenoxy) is 2. The maximum Gasteiger partial charge on any atom is 0.318 e. The monoisotopic (exact) mass is 503 g/mol. The van der Waals surface area contributed by atoms with E-state index in [2.05, 4.69) is 31.3 Å². The number of hydrogen-bond acceptors (Lipinski definition) is 9. The van der Waals surface area contributed by atoms with Gasteiger partial charge in [-0.2, -0.15) is 9.97 Å². The van der Waals surface area contributed by atoms with E-state index in [1.54, 1.807) is 13.1 Å². The highest BCUT2D eigenvalue weighted by atomic mass is 19.1. The molecule has 11 heteroatoms. The number of methoxy groups -OCH3 is 2. The lowest BCUT2D eigenvalue weighted by molar-refractivity contribution is 0.380. The highest BCUT2D eigenvalue weighted by Crippen LogP contribution is 2.41. The van der Waals surface area contributed by atoms with Crippen molar-refractivity contribution in [2.24, 2.45) is 0 Å². The number of pyridine rings is 1. The molecule has 0 amide bonds. The van der Waals surface area contributed by atoms with Crippen LogP contribution >= 0.6 is 0 Å². The van der Waals surface area contributed by atoms with E-state index >= 15 is 4.39 Å². The summed E-state index contributed by atoms with van der Waals surface area (Å²) in [5, 5.41) is 17.9. The predicted octanol–water partition coefficient (Wildman–Crippen LogP) is 4.74. The first kappa shape index (κ1) is 23.7. The van der Waals surface area contributed by atoms with Gasteiger partial charge in [-0.15, -0.1) is 6.42 Å². The number of halogens is 2. The molecule has 0 aliphatic carbocycles. The molecule has 0 spiro atoms. The fourth-order valence-electron chi connectivity index (χ4n) is 4.09. The number of terminal acetylenes is 1. The van der Waals surface area contributed by atoms with Gasteiger partial charge < -0.3 is 24.4 Å². The molecular weight excluding hydrogens is 484 g/mol. The Morgan fingerprint density at radius 1 is 1.11 bits per heavy atom. The van der Waals surface area contributed by atoms with Crippen molar-refractivity contribution in [3.05, 3.63) is 59.0 Å². The van der Waals surface area contributed by atoms with Gasteiger partial charge in [0.05, 0.1) is 26.0 Å².